The molecule has 0 atom stereocenters. The van der Waals surface area contributed by atoms with Crippen molar-refractivity contribution in [3.8, 4) is 0 Å². The minimum Gasteiger partial charge on any atom is -0.323 e. The van der Waals surface area contributed by atoms with Crippen LogP contribution in [0.5, 0.6) is 0 Å². The molecule has 0 aliphatic heterocycles. The van der Waals surface area contributed by atoms with Crippen LogP contribution in [0.3, 0.4) is 0 Å². The smallest absolute Gasteiger partial charge is 0.0918 e. The average Bonchev–Trinajstić information content (AvgIpc) is 2.47. The maximum absolute atomic E-state index is 5.61. The molecule has 3 heteroatoms. The van der Waals surface area contributed by atoms with Crippen molar-refractivity contribution in [1.82, 2.24) is 9.89 Å². The van der Waals surface area contributed by atoms with Crippen LogP contribution in [0.4, 0.5) is 0 Å². The SMILES string of the molecule is CCc1ccc2cnn(N)c2c1. The first-order chi connectivity index (χ1) is 5.81. The zero-order valence-corrected chi connectivity index (χ0v) is 6.99. The van der Waals surface area contributed by atoms with Crippen LogP contribution in [0, 0.1) is 0 Å². The summed E-state index contributed by atoms with van der Waals surface area (Å²) in [5.74, 6) is 5.61. The van der Waals surface area contributed by atoms with Crippen molar-refractivity contribution in [3.63, 3.8) is 0 Å². The number of fused-ring (bicyclic) bond motifs is 1. The molecular formula is C9H11N3. The number of nitrogens with zero attached hydrogens (tertiary/aromatic N) is 2. The molecule has 2 N–H and O–H groups in total. The van der Waals surface area contributed by atoms with E-state index in [2.05, 4.69) is 24.2 Å². The van der Waals surface area contributed by atoms with Crippen molar-refractivity contribution in [3.05, 3.63) is 30.0 Å². The summed E-state index contributed by atoms with van der Waals surface area (Å²) in [6.45, 7) is 2.12. The van der Waals surface area contributed by atoms with Crippen molar-refractivity contribution in [2.75, 3.05) is 5.84 Å². The van der Waals surface area contributed by atoms with Crippen LogP contribution in [-0.4, -0.2) is 9.89 Å². The molecule has 0 aliphatic rings. The summed E-state index contributed by atoms with van der Waals surface area (Å²) in [5, 5.41) is 5.06. The van der Waals surface area contributed by atoms with Crippen molar-refractivity contribution < 1.29 is 0 Å². The van der Waals surface area contributed by atoms with Gasteiger partial charge in [0.15, 0.2) is 0 Å². The molecule has 62 valence electrons. The number of hydrogen-bond donors (Lipinski definition) is 1. The summed E-state index contributed by atoms with van der Waals surface area (Å²) in [4.78, 5) is 1.41. The molecule has 0 unspecified atom stereocenters. The maximum Gasteiger partial charge on any atom is 0.0918 e. The molecule has 12 heavy (non-hydrogen) atoms. The lowest BCUT2D eigenvalue weighted by Crippen LogP contribution is -2.08. The van der Waals surface area contributed by atoms with Gasteiger partial charge >= 0.3 is 0 Å². The highest BCUT2D eigenvalue weighted by Crippen LogP contribution is 2.13. The van der Waals surface area contributed by atoms with Crippen LogP contribution in [0.15, 0.2) is 24.4 Å². The summed E-state index contributed by atoms with van der Waals surface area (Å²) in [5.41, 5.74) is 2.28. The minimum atomic E-state index is 0.995. The van der Waals surface area contributed by atoms with Gasteiger partial charge in [0.25, 0.3) is 0 Å². The lowest BCUT2D eigenvalue weighted by molar-refractivity contribution is 0.862. The van der Waals surface area contributed by atoms with E-state index in [1.54, 1.807) is 6.20 Å². The molecule has 0 fully saturated rings. The second kappa shape index (κ2) is 2.52. The Morgan fingerprint density at radius 1 is 1.50 bits per heavy atom. The van der Waals surface area contributed by atoms with Crippen molar-refractivity contribution >= 4 is 10.9 Å². The lowest BCUT2D eigenvalue weighted by Gasteiger charge is -1.97. The monoisotopic (exact) mass is 161 g/mol. The van der Waals surface area contributed by atoms with Crippen LogP contribution in [0.25, 0.3) is 10.9 Å². The number of nitrogens with two attached hydrogens (primary N) is 1. The number of aryl methyl sites for hydroxylation is 1. The highest BCUT2D eigenvalue weighted by molar-refractivity contribution is 5.79. The fourth-order valence-corrected chi connectivity index (χ4v) is 1.30. The number of nitrogen functional groups attached to an aromatic ring is 1. The molecule has 1 aromatic heterocycles. The van der Waals surface area contributed by atoms with Crippen LogP contribution in [0.2, 0.25) is 0 Å². The fraction of sp³-hybridized carbons (Fsp3) is 0.222. The summed E-state index contributed by atoms with van der Waals surface area (Å²) in [7, 11) is 0. The van der Waals surface area contributed by atoms with E-state index in [0.29, 0.717) is 0 Å². The molecule has 0 spiro atoms. The maximum atomic E-state index is 5.61. The molecule has 0 radical (unpaired) electrons. The van der Waals surface area contributed by atoms with Gasteiger partial charge in [0.05, 0.1) is 11.7 Å². The van der Waals surface area contributed by atoms with Gasteiger partial charge in [-0.15, -0.1) is 0 Å². The topological polar surface area (TPSA) is 43.8 Å². The van der Waals surface area contributed by atoms with Gasteiger partial charge in [-0.05, 0) is 18.1 Å². The van der Waals surface area contributed by atoms with Crippen LogP contribution < -0.4 is 5.84 Å². The van der Waals surface area contributed by atoms with Crippen LogP contribution >= 0.6 is 0 Å². The zero-order valence-electron chi connectivity index (χ0n) is 6.99. The average molecular weight is 161 g/mol. The molecule has 3 nitrogen and oxygen atoms in total. The molecule has 0 saturated carbocycles. The number of benzene rings is 1. The Balaban J connectivity index is 2.71. The third kappa shape index (κ3) is 0.942. The van der Waals surface area contributed by atoms with E-state index < -0.39 is 0 Å². The highest BCUT2D eigenvalue weighted by Gasteiger charge is 1.99. The first-order valence-corrected chi connectivity index (χ1v) is 4.03. The highest BCUT2D eigenvalue weighted by atomic mass is 15.5. The first kappa shape index (κ1) is 7.16. The normalized spacial score (nSPS) is 10.8. The van der Waals surface area contributed by atoms with Gasteiger partial charge in [-0.3, -0.25) is 0 Å². The van der Waals surface area contributed by atoms with Crippen LogP contribution in [-0.2, 0) is 6.42 Å². The summed E-state index contributed by atoms with van der Waals surface area (Å²) in [6.07, 6.45) is 2.80. The molecule has 0 saturated heterocycles. The van der Waals surface area contributed by atoms with E-state index in [9.17, 15) is 0 Å². The predicted octanol–water partition coefficient (Wildman–Crippen LogP) is 1.31. The van der Waals surface area contributed by atoms with Gasteiger partial charge in [0.1, 0.15) is 0 Å². The molecule has 1 heterocycles. The third-order valence-corrected chi connectivity index (χ3v) is 2.07. The Hall–Kier alpha value is -1.51. The molecule has 0 aliphatic carbocycles. The summed E-state index contributed by atoms with van der Waals surface area (Å²) < 4.78 is 0. The van der Waals surface area contributed by atoms with E-state index in [-0.39, 0.29) is 0 Å². The first-order valence-electron chi connectivity index (χ1n) is 4.03. The summed E-state index contributed by atoms with van der Waals surface area (Å²) >= 11 is 0. The standard InChI is InChI=1S/C9H11N3/c1-2-7-3-4-8-6-11-12(10)9(8)5-7/h3-6H,2,10H2,1H3. The number of rotatable bonds is 1. The quantitative estimate of drug-likeness (QED) is 0.641. The van der Waals surface area contributed by atoms with Gasteiger partial charge in [0, 0.05) is 5.39 Å². The molecule has 1 aromatic carbocycles. The molecule has 2 aromatic rings. The van der Waals surface area contributed by atoms with Crippen molar-refractivity contribution in [2.24, 2.45) is 0 Å². The Kier molecular flexibility index (Phi) is 1.50. The molecule has 0 bridgehead atoms. The van der Waals surface area contributed by atoms with E-state index in [1.807, 2.05) is 6.07 Å². The Morgan fingerprint density at radius 2 is 2.33 bits per heavy atom. The lowest BCUT2D eigenvalue weighted by atomic mass is 10.1. The van der Waals surface area contributed by atoms with Gasteiger partial charge in [0.2, 0.25) is 0 Å². The Bertz CT molecular complexity index is 403. The molecular weight excluding hydrogens is 150 g/mol. The van der Waals surface area contributed by atoms with Crippen LogP contribution in [0.1, 0.15) is 12.5 Å². The van der Waals surface area contributed by atoms with Gasteiger partial charge in [-0.1, -0.05) is 19.1 Å². The van der Waals surface area contributed by atoms with E-state index in [4.69, 9.17) is 5.84 Å². The predicted molar refractivity (Wildman–Crippen MR) is 49.3 cm³/mol. The Labute approximate surface area is 70.8 Å². The van der Waals surface area contributed by atoms with E-state index in [1.165, 1.54) is 10.4 Å². The van der Waals surface area contributed by atoms with E-state index >= 15 is 0 Å². The van der Waals surface area contributed by atoms with Gasteiger partial charge < -0.3 is 5.84 Å². The third-order valence-electron chi connectivity index (χ3n) is 2.07. The Morgan fingerprint density at radius 3 is 3.08 bits per heavy atom. The van der Waals surface area contributed by atoms with Crippen molar-refractivity contribution in [2.45, 2.75) is 13.3 Å². The number of hydrogen-bond acceptors (Lipinski definition) is 2. The second-order valence-corrected chi connectivity index (χ2v) is 2.84. The second-order valence-electron chi connectivity index (χ2n) is 2.84. The van der Waals surface area contributed by atoms with Gasteiger partial charge in [-0.25, -0.2) is 0 Å². The minimum absolute atomic E-state index is 0.995. The fourth-order valence-electron chi connectivity index (χ4n) is 1.30. The van der Waals surface area contributed by atoms with Crippen molar-refractivity contribution in [1.29, 1.82) is 0 Å². The molecule has 0 amide bonds. The van der Waals surface area contributed by atoms with Gasteiger partial charge in [-0.2, -0.15) is 9.89 Å². The van der Waals surface area contributed by atoms with E-state index in [0.717, 1.165) is 17.3 Å². The summed E-state index contributed by atoms with van der Waals surface area (Å²) in [6, 6.07) is 6.22. The zero-order chi connectivity index (χ0) is 8.55. The largest absolute Gasteiger partial charge is 0.323 e. The molecule has 2 rings (SSSR count). The number of aromatic nitrogens is 2.